The van der Waals surface area contributed by atoms with Gasteiger partial charge in [0.2, 0.25) is 0 Å². The van der Waals surface area contributed by atoms with Crippen molar-refractivity contribution < 1.29 is 0 Å². The van der Waals surface area contributed by atoms with E-state index in [1.54, 1.807) is 0 Å². The summed E-state index contributed by atoms with van der Waals surface area (Å²) in [6, 6.07) is 28.8. The quantitative estimate of drug-likeness (QED) is 0.443. The van der Waals surface area contributed by atoms with E-state index in [9.17, 15) is 4.79 Å². The molecular formula is C26H20N2O. The van der Waals surface area contributed by atoms with Crippen molar-refractivity contribution in [3.63, 3.8) is 0 Å². The molecule has 5 aromatic rings. The third-order valence-corrected chi connectivity index (χ3v) is 5.40. The Morgan fingerprint density at radius 3 is 2.45 bits per heavy atom. The van der Waals surface area contributed by atoms with Crippen molar-refractivity contribution in [1.29, 1.82) is 0 Å². The smallest absolute Gasteiger partial charge is 0.259 e. The largest absolute Gasteiger partial charge is 0.306 e. The van der Waals surface area contributed by atoms with E-state index < -0.39 is 0 Å². The number of para-hydroxylation sites is 1. The van der Waals surface area contributed by atoms with Crippen LogP contribution in [0.4, 0.5) is 0 Å². The topological polar surface area (TPSA) is 45.8 Å². The van der Waals surface area contributed by atoms with Crippen LogP contribution in [-0.2, 0) is 6.42 Å². The predicted molar refractivity (Wildman–Crippen MR) is 119 cm³/mol. The molecule has 0 amide bonds. The van der Waals surface area contributed by atoms with Gasteiger partial charge >= 0.3 is 0 Å². The van der Waals surface area contributed by atoms with Gasteiger partial charge in [0, 0.05) is 5.56 Å². The van der Waals surface area contributed by atoms with Crippen LogP contribution in [0, 0.1) is 6.92 Å². The number of hydrogen-bond donors (Lipinski definition) is 1. The second-order valence-electron chi connectivity index (χ2n) is 7.40. The zero-order valence-electron chi connectivity index (χ0n) is 16.1. The maximum absolute atomic E-state index is 12.7. The Kier molecular flexibility index (Phi) is 4.21. The molecule has 0 aliphatic heterocycles. The Morgan fingerprint density at radius 2 is 1.59 bits per heavy atom. The number of fused-ring (bicyclic) bond motifs is 2. The molecule has 0 unspecified atom stereocenters. The summed E-state index contributed by atoms with van der Waals surface area (Å²) in [5, 5.41) is 2.99. The maximum Gasteiger partial charge on any atom is 0.259 e. The maximum atomic E-state index is 12.7. The number of nitrogens with one attached hydrogen (secondary N) is 1. The van der Waals surface area contributed by atoms with Crippen molar-refractivity contribution >= 4 is 21.7 Å². The molecule has 3 nitrogen and oxygen atoms in total. The predicted octanol–water partition coefficient (Wildman–Crippen LogP) is 5.64. The summed E-state index contributed by atoms with van der Waals surface area (Å²) in [6.07, 6.45) is 0.825. The van der Waals surface area contributed by atoms with Gasteiger partial charge in [-0.2, -0.15) is 0 Å². The highest BCUT2D eigenvalue weighted by atomic mass is 16.1. The van der Waals surface area contributed by atoms with Gasteiger partial charge in [0.1, 0.15) is 5.82 Å². The molecule has 1 aromatic heterocycles. The Hall–Kier alpha value is -3.72. The molecule has 0 fully saturated rings. The molecule has 0 bridgehead atoms. The number of hydrogen-bond acceptors (Lipinski definition) is 2. The lowest BCUT2D eigenvalue weighted by Gasteiger charge is -2.11. The first-order chi connectivity index (χ1) is 14.2. The van der Waals surface area contributed by atoms with E-state index in [1.807, 2.05) is 37.3 Å². The molecular weight excluding hydrogens is 356 g/mol. The van der Waals surface area contributed by atoms with E-state index in [2.05, 4.69) is 59.6 Å². The van der Waals surface area contributed by atoms with Gasteiger partial charge in [0.25, 0.3) is 5.56 Å². The molecule has 0 aliphatic rings. The number of H-pyrrole nitrogens is 1. The van der Waals surface area contributed by atoms with Crippen molar-refractivity contribution in [2.24, 2.45) is 0 Å². The summed E-state index contributed by atoms with van der Waals surface area (Å²) in [5.41, 5.74) is 5.05. The normalized spacial score (nSPS) is 11.2. The van der Waals surface area contributed by atoms with E-state index in [-0.39, 0.29) is 5.56 Å². The van der Waals surface area contributed by atoms with Crippen LogP contribution in [0.15, 0.2) is 89.7 Å². The highest BCUT2D eigenvalue weighted by Gasteiger charge is 2.11. The minimum absolute atomic E-state index is 0.105. The summed E-state index contributed by atoms with van der Waals surface area (Å²) in [5.74, 6) is 0.608. The van der Waals surface area contributed by atoms with E-state index in [0.717, 1.165) is 28.5 Å². The number of aryl methyl sites for hydroxylation is 1. The SMILES string of the molecule is Cc1cccc2c(=O)[nH]c(-c3cc(Cc4ccccc4)c4ccccc4c3)nc12. The number of nitrogens with zero attached hydrogens (tertiary/aromatic N) is 1. The average Bonchev–Trinajstić information content (AvgIpc) is 2.75. The number of rotatable bonds is 3. The van der Waals surface area contributed by atoms with Crippen LogP contribution in [0.3, 0.4) is 0 Å². The number of aromatic nitrogens is 2. The standard InChI is InChI=1S/C26H20N2O/c1-17-8-7-13-23-24(17)27-25(28-26(23)29)21-15-19-11-5-6-12-22(19)20(16-21)14-18-9-3-2-4-10-18/h2-13,15-16H,14H2,1H3,(H,27,28,29). The zero-order chi connectivity index (χ0) is 19.8. The van der Waals surface area contributed by atoms with Crippen LogP contribution in [0.5, 0.6) is 0 Å². The van der Waals surface area contributed by atoms with Gasteiger partial charge < -0.3 is 4.98 Å². The second-order valence-corrected chi connectivity index (χ2v) is 7.40. The Bertz CT molecular complexity index is 1400. The van der Waals surface area contributed by atoms with Crippen LogP contribution in [0.25, 0.3) is 33.1 Å². The van der Waals surface area contributed by atoms with Crippen LogP contribution in [0.2, 0.25) is 0 Å². The molecule has 0 atom stereocenters. The molecule has 4 aromatic carbocycles. The van der Waals surface area contributed by atoms with Crippen molar-refractivity contribution in [1.82, 2.24) is 9.97 Å². The van der Waals surface area contributed by atoms with Gasteiger partial charge in [-0.25, -0.2) is 4.98 Å². The van der Waals surface area contributed by atoms with Gasteiger partial charge in [-0.15, -0.1) is 0 Å². The third kappa shape index (κ3) is 3.21. The van der Waals surface area contributed by atoms with Gasteiger partial charge in [-0.1, -0.05) is 66.7 Å². The number of benzene rings is 4. The molecule has 3 heteroatoms. The van der Waals surface area contributed by atoms with E-state index in [4.69, 9.17) is 4.98 Å². The third-order valence-electron chi connectivity index (χ3n) is 5.40. The fourth-order valence-corrected chi connectivity index (χ4v) is 3.93. The molecule has 0 saturated heterocycles. The second kappa shape index (κ2) is 7.02. The highest BCUT2D eigenvalue weighted by molar-refractivity contribution is 5.90. The summed E-state index contributed by atoms with van der Waals surface area (Å²) in [7, 11) is 0. The van der Waals surface area contributed by atoms with Crippen LogP contribution >= 0.6 is 0 Å². The minimum atomic E-state index is -0.105. The lowest BCUT2D eigenvalue weighted by molar-refractivity contribution is 1.16. The molecule has 0 radical (unpaired) electrons. The first-order valence-electron chi connectivity index (χ1n) is 9.75. The van der Waals surface area contributed by atoms with Crippen LogP contribution in [0.1, 0.15) is 16.7 Å². The molecule has 0 saturated carbocycles. The molecule has 1 heterocycles. The molecule has 5 rings (SSSR count). The monoisotopic (exact) mass is 376 g/mol. The Balaban J connectivity index is 1.73. The highest BCUT2D eigenvalue weighted by Crippen LogP contribution is 2.28. The summed E-state index contributed by atoms with van der Waals surface area (Å²) >= 11 is 0. The van der Waals surface area contributed by atoms with Crippen LogP contribution in [-0.4, -0.2) is 9.97 Å². The minimum Gasteiger partial charge on any atom is -0.306 e. The fourth-order valence-electron chi connectivity index (χ4n) is 3.93. The number of aromatic amines is 1. The molecule has 140 valence electrons. The summed E-state index contributed by atoms with van der Waals surface area (Å²) in [6.45, 7) is 1.99. The summed E-state index contributed by atoms with van der Waals surface area (Å²) < 4.78 is 0. The Labute approximate surface area is 168 Å². The molecule has 29 heavy (non-hydrogen) atoms. The van der Waals surface area contributed by atoms with Gasteiger partial charge in [-0.05, 0) is 59.0 Å². The molecule has 0 aliphatic carbocycles. The van der Waals surface area contributed by atoms with Crippen molar-refractivity contribution in [3.8, 4) is 11.4 Å². The molecule has 1 N–H and O–H groups in total. The van der Waals surface area contributed by atoms with Crippen molar-refractivity contribution in [3.05, 3.63) is 112 Å². The van der Waals surface area contributed by atoms with Crippen molar-refractivity contribution in [2.45, 2.75) is 13.3 Å². The van der Waals surface area contributed by atoms with E-state index in [0.29, 0.717) is 11.2 Å². The lowest BCUT2D eigenvalue weighted by Crippen LogP contribution is -2.10. The van der Waals surface area contributed by atoms with E-state index in [1.165, 1.54) is 16.5 Å². The Morgan fingerprint density at radius 1 is 0.828 bits per heavy atom. The summed E-state index contributed by atoms with van der Waals surface area (Å²) in [4.78, 5) is 20.5. The van der Waals surface area contributed by atoms with Crippen LogP contribution < -0.4 is 5.56 Å². The fraction of sp³-hybridized carbons (Fsp3) is 0.0769. The first-order valence-corrected chi connectivity index (χ1v) is 9.75. The lowest BCUT2D eigenvalue weighted by atomic mass is 9.95. The van der Waals surface area contributed by atoms with E-state index >= 15 is 0 Å². The molecule has 0 spiro atoms. The zero-order valence-corrected chi connectivity index (χ0v) is 16.1. The van der Waals surface area contributed by atoms with Gasteiger partial charge in [0.05, 0.1) is 10.9 Å². The first kappa shape index (κ1) is 17.4. The van der Waals surface area contributed by atoms with Gasteiger partial charge in [0.15, 0.2) is 0 Å². The van der Waals surface area contributed by atoms with Gasteiger partial charge in [-0.3, -0.25) is 4.79 Å². The average molecular weight is 376 g/mol. The van der Waals surface area contributed by atoms with Crippen molar-refractivity contribution in [2.75, 3.05) is 0 Å².